The third-order valence-electron chi connectivity index (χ3n) is 3.90. The summed E-state index contributed by atoms with van der Waals surface area (Å²) < 4.78 is 0. The first-order valence-corrected chi connectivity index (χ1v) is 8.09. The Hall–Kier alpha value is -2.86. The Labute approximate surface area is 149 Å². The normalized spacial score (nSPS) is 16.0. The van der Waals surface area contributed by atoms with Gasteiger partial charge in [-0.05, 0) is 24.3 Å². The highest BCUT2D eigenvalue weighted by Gasteiger charge is 2.36. The number of para-hydroxylation sites is 3. The summed E-state index contributed by atoms with van der Waals surface area (Å²) in [6.45, 7) is 1.37. The third kappa shape index (κ3) is 3.49. The average molecular weight is 358 g/mol. The Morgan fingerprint density at radius 2 is 1.84 bits per heavy atom. The molecule has 3 rings (SSSR count). The van der Waals surface area contributed by atoms with E-state index in [0.717, 1.165) is 0 Å². The number of anilines is 3. The van der Waals surface area contributed by atoms with E-state index in [1.54, 1.807) is 48.5 Å². The van der Waals surface area contributed by atoms with Gasteiger partial charge in [-0.3, -0.25) is 19.3 Å². The van der Waals surface area contributed by atoms with Crippen molar-refractivity contribution in [2.24, 2.45) is 0 Å². The van der Waals surface area contributed by atoms with Crippen molar-refractivity contribution in [2.75, 3.05) is 15.5 Å². The molecule has 2 aromatic carbocycles. The third-order valence-corrected chi connectivity index (χ3v) is 4.23. The number of amides is 3. The molecule has 3 amide bonds. The van der Waals surface area contributed by atoms with Gasteiger partial charge in [0, 0.05) is 6.92 Å². The molecule has 7 heteroatoms. The number of carbonyl (C=O) groups is 3. The van der Waals surface area contributed by atoms with Crippen LogP contribution in [0.4, 0.5) is 17.1 Å². The monoisotopic (exact) mass is 357 g/mol. The van der Waals surface area contributed by atoms with Gasteiger partial charge in [0.2, 0.25) is 17.7 Å². The molecule has 0 fully saturated rings. The highest BCUT2D eigenvalue weighted by molar-refractivity contribution is 6.33. The number of carbonyl (C=O) groups excluding carboxylic acids is 3. The first-order chi connectivity index (χ1) is 12.0. The van der Waals surface area contributed by atoms with Gasteiger partial charge in [-0.2, -0.15) is 0 Å². The summed E-state index contributed by atoms with van der Waals surface area (Å²) in [6.07, 6.45) is -0.176. The van der Waals surface area contributed by atoms with Crippen LogP contribution in [0.2, 0.25) is 5.02 Å². The largest absolute Gasteiger partial charge is 0.325 e. The molecule has 0 unspecified atom stereocenters. The van der Waals surface area contributed by atoms with Crippen LogP contribution in [0.25, 0.3) is 0 Å². The van der Waals surface area contributed by atoms with Crippen LogP contribution < -0.4 is 15.5 Å². The maximum Gasteiger partial charge on any atom is 0.248 e. The molecule has 0 radical (unpaired) electrons. The fraction of sp³-hybridized carbons (Fsp3) is 0.167. The second-order valence-electron chi connectivity index (χ2n) is 5.64. The maximum absolute atomic E-state index is 12.4. The number of hydrogen-bond donors (Lipinski definition) is 2. The molecule has 6 nitrogen and oxygen atoms in total. The van der Waals surface area contributed by atoms with Crippen molar-refractivity contribution in [3.63, 3.8) is 0 Å². The predicted octanol–water partition coefficient (Wildman–Crippen LogP) is 3.04. The molecule has 128 valence electrons. The predicted molar refractivity (Wildman–Crippen MR) is 96.7 cm³/mol. The zero-order valence-electron chi connectivity index (χ0n) is 13.5. The molecule has 0 saturated carbocycles. The fourth-order valence-corrected chi connectivity index (χ4v) is 2.99. The van der Waals surface area contributed by atoms with Gasteiger partial charge < -0.3 is 10.6 Å². The van der Waals surface area contributed by atoms with Crippen LogP contribution in [0, 0.1) is 0 Å². The van der Waals surface area contributed by atoms with Crippen LogP contribution >= 0.6 is 11.6 Å². The van der Waals surface area contributed by atoms with E-state index in [-0.39, 0.29) is 12.3 Å². The Balaban J connectivity index is 1.83. The minimum Gasteiger partial charge on any atom is -0.325 e. The Kier molecular flexibility index (Phi) is 4.72. The van der Waals surface area contributed by atoms with Crippen LogP contribution in [0.5, 0.6) is 0 Å². The molecule has 1 aliphatic rings. The van der Waals surface area contributed by atoms with Gasteiger partial charge in [-0.15, -0.1) is 0 Å². The minimum absolute atomic E-state index is 0.176. The van der Waals surface area contributed by atoms with Crippen LogP contribution in [-0.2, 0) is 14.4 Å². The first-order valence-electron chi connectivity index (χ1n) is 7.71. The number of nitrogens with one attached hydrogen (secondary N) is 2. The Bertz CT molecular complexity index is 853. The van der Waals surface area contributed by atoms with E-state index in [0.29, 0.717) is 22.1 Å². The molecule has 0 aromatic heterocycles. The summed E-state index contributed by atoms with van der Waals surface area (Å²) in [6, 6.07) is 12.9. The van der Waals surface area contributed by atoms with Gasteiger partial charge >= 0.3 is 0 Å². The van der Waals surface area contributed by atoms with Crippen LogP contribution in [-0.4, -0.2) is 23.8 Å². The van der Waals surface area contributed by atoms with Crippen molar-refractivity contribution in [3.8, 4) is 0 Å². The topological polar surface area (TPSA) is 78.5 Å². The van der Waals surface area contributed by atoms with E-state index in [9.17, 15) is 14.4 Å². The maximum atomic E-state index is 12.4. The Morgan fingerprint density at radius 3 is 2.56 bits per heavy atom. The van der Waals surface area contributed by atoms with Gasteiger partial charge in [0.05, 0.1) is 28.5 Å². The van der Waals surface area contributed by atoms with Gasteiger partial charge in [0.15, 0.2) is 0 Å². The molecule has 1 aliphatic heterocycles. The number of nitrogens with zero attached hydrogens (tertiary/aromatic N) is 1. The molecule has 25 heavy (non-hydrogen) atoms. The van der Waals surface area contributed by atoms with Crippen LogP contribution in [0.1, 0.15) is 13.3 Å². The molecule has 0 spiro atoms. The Morgan fingerprint density at radius 1 is 1.16 bits per heavy atom. The van der Waals surface area contributed by atoms with E-state index in [1.165, 1.54) is 11.8 Å². The molecule has 0 saturated heterocycles. The van der Waals surface area contributed by atoms with Crippen molar-refractivity contribution in [3.05, 3.63) is 53.6 Å². The molecule has 2 aromatic rings. The van der Waals surface area contributed by atoms with Crippen LogP contribution in [0.3, 0.4) is 0 Å². The van der Waals surface area contributed by atoms with Crippen molar-refractivity contribution >= 4 is 46.4 Å². The number of rotatable bonds is 3. The van der Waals surface area contributed by atoms with E-state index < -0.39 is 17.9 Å². The number of halogens is 1. The lowest BCUT2D eigenvalue weighted by molar-refractivity contribution is -0.125. The van der Waals surface area contributed by atoms with E-state index >= 15 is 0 Å². The lowest BCUT2D eigenvalue weighted by atomic mass is 10.0. The lowest BCUT2D eigenvalue weighted by Gasteiger charge is -2.35. The van der Waals surface area contributed by atoms with Gasteiger partial charge in [0.1, 0.15) is 6.04 Å². The summed E-state index contributed by atoms with van der Waals surface area (Å²) in [7, 11) is 0. The second-order valence-corrected chi connectivity index (χ2v) is 6.05. The molecular formula is C18H16ClN3O3. The molecule has 1 heterocycles. The highest BCUT2D eigenvalue weighted by atomic mass is 35.5. The van der Waals surface area contributed by atoms with E-state index in [2.05, 4.69) is 10.6 Å². The summed E-state index contributed by atoms with van der Waals surface area (Å²) in [4.78, 5) is 38.2. The summed E-state index contributed by atoms with van der Waals surface area (Å²) in [5.74, 6) is -1.11. The lowest BCUT2D eigenvalue weighted by Crippen LogP contribution is -2.51. The first kappa shape index (κ1) is 17.0. The zero-order chi connectivity index (χ0) is 18.0. The van der Waals surface area contributed by atoms with Gasteiger partial charge in [-0.1, -0.05) is 35.9 Å². The number of hydrogen-bond acceptors (Lipinski definition) is 3. The van der Waals surface area contributed by atoms with Crippen molar-refractivity contribution in [2.45, 2.75) is 19.4 Å². The van der Waals surface area contributed by atoms with Crippen molar-refractivity contribution in [1.29, 1.82) is 0 Å². The number of benzene rings is 2. The van der Waals surface area contributed by atoms with Gasteiger partial charge in [0.25, 0.3) is 0 Å². The van der Waals surface area contributed by atoms with E-state index in [4.69, 9.17) is 11.6 Å². The average Bonchev–Trinajstić information content (AvgIpc) is 2.57. The standard InChI is InChI=1S/C18H16ClN3O3/c1-11(23)22-15-9-5-4-8-14(15)21-18(25)16(22)10-17(24)20-13-7-3-2-6-12(13)19/h2-9,16H,10H2,1H3,(H,20,24)(H,21,25)/t16-/m1/s1. The van der Waals surface area contributed by atoms with E-state index in [1.807, 2.05) is 0 Å². The molecular weight excluding hydrogens is 342 g/mol. The van der Waals surface area contributed by atoms with Crippen LogP contribution in [0.15, 0.2) is 48.5 Å². The summed E-state index contributed by atoms with van der Waals surface area (Å²) in [5, 5.41) is 5.81. The fourth-order valence-electron chi connectivity index (χ4n) is 2.80. The second kappa shape index (κ2) is 6.94. The highest BCUT2D eigenvalue weighted by Crippen LogP contribution is 2.33. The quantitative estimate of drug-likeness (QED) is 0.886. The molecule has 1 atom stereocenters. The summed E-state index contributed by atoms with van der Waals surface area (Å²) >= 11 is 6.03. The number of fused-ring (bicyclic) bond motifs is 1. The summed E-state index contributed by atoms with van der Waals surface area (Å²) in [5.41, 5.74) is 1.58. The van der Waals surface area contributed by atoms with Crippen molar-refractivity contribution < 1.29 is 14.4 Å². The SMILES string of the molecule is CC(=O)N1c2ccccc2NC(=O)[C@H]1CC(=O)Nc1ccccc1Cl. The molecule has 2 N–H and O–H groups in total. The molecule has 0 aliphatic carbocycles. The minimum atomic E-state index is -0.921. The van der Waals surface area contributed by atoms with Crippen molar-refractivity contribution in [1.82, 2.24) is 0 Å². The smallest absolute Gasteiger partial charge is 0.248 e. The molecule has 0 bridgehead atoms. The van der Waals surface area contributed by atoms with Gasteiger partial charge in [-0.25, -0.2) is 0 Å². The zero-order valence-corrected chi connectivity index (χ0v) is 14.2.